The summed E-state index contributed by atoms with van der Waals surface area (Å²) in [5.74, 6) is 0.00432. The fraction of sp³-hybridized carbons (Fsp3) is 0.522. The van der Waals surface area contributed by atoms with Crippen molar-refractivity contribution in [2.45, 2.75) is 49.5 Å². The van der Waals surface area contributed by atoms with E-state index < -0.39 is 10.0 Å². The second-order valence-electron chi connectivity index (χ2n) is 8.26. The molecule has 1 atom stereocenters. The average Bonchev–Trinajstić information content (AvgIpc) is 3.12. The molecule has 1 saturated heterocycles. The molecule has 31 heavy (non-hydrogen) atoms. The number of sulfonamides is 1. The molecular weight excluding hydrogens is 430 g/mol. The zero-order valence-corrected chi connectivity index (χ0v) is 20.1. The Bertz CT molecular complexity index is 917. The van der Waals surface area contributed by atoms with Gasteiger partial charge in [0.25, 0.3) is 0 Å². The van der Waals surface area contributed by atoms with Crippen molar-refractivity contribution in [1.29, 1.82) is 0 Å². The summed E-state index contributed by atoms with van der Waals surface area (Å²) in [5, 5.41) is 5.08. The molecule has 6 nitrogen and oxygen atoms in total. The van der Waals surface area contributed by atoms with E-state index in [9.17, 15) is 13.2 Å². The van der Waals surface area contributed by atoms with E-state index in [4.69, 9.17) is 0 Å². The minimum atomic E-state index is -3.43. The van der Waals surface area contributed by atoms with Gasteiger partial charge in [0.15, 0.2) is 0 Å². The highest BCUT2D eigenvalue weighted by molar-refractivity contribution is 7.89. The maximum atomic E-state index is 12.9. The number of nitrogens with one attached hydrogen (secondary N) is 1. The van der Waals surface area contributed by atoms with Crippen LogP contribution in [-0.2, 0) is 21.2 Å². The number of hydrogen-bond acceptors (Lipinski definition) is 5. The number of benzene rings is 1. The molecule has 1 aromatic heterocycles. The van der Waals surface area contributed by atoms with E-state index >= 15 is 0 Å². The maximum Gasteiger partial charge on any atom is 0.243 e. The molecule has 1 N–H and O–H groups in total. The number of carbonyl (C=O) groups excluding carboxylic acids is 1. The molecule has 1 unspecified atom stereocenters. The predicted molar refractivity (Wildman–Crippen MR) is 126 cm³/mol. The number of aryl methyl sites for hydroxylation is 1. The summed E-state index contributed by atoms with van der Waals surface area (Å²) in [6.07, 6.45) is 5.00. The van der Waals surface area contributed by atoms with Gasteiger partial charge in [0, 0.05) is 30.9 Å². The molecule has 2 heterocycles. The Balaban J connectivity index is 1.51. The first-order valence-electron chi connectivity index (χ1n) is 10.9. The number of thiophene rings is 1. The van der Waals surface area contributed by atoms with Gasteiger partial charge in [-0.25, -0.2) is 8.42 Å². The quantitative estimate of drug-likeness (QED) is 0.616. The SMILES string of the molecule is CN(C)C(CNC(=O)CCc1ccc(S(=O)(=O)N2CCCCCC2)cc1)c1cccs1. The van der Waals surface area contributed by atoms with Gasteiger partial charge in [0.1, 0.15) is 0 Å². The van der Waals surface area contributed by atoms with Crippen LogP contribution in [0.3, 0.4) is 0 Å². The van der Waals surface area contributed by atoms with E-state index in [2.05, 4.69) is 16.3 Å². The lowest BCUT2D eigenvalue weighted by molar-refractivity contribution is -0.121. The lowest BCUT2D eigenvalue weighted by Crippen LogP contribution is -2.34. The van der Waals surface area contributed by atoms with Crippen LogP contribution in [0.1, 0.15) is 48.6 Å². The van der Waals surface area contributed by atoms with Crippen molar-refractivity contribution >= 4 is 27.3 Å². The lowest BCUT2D eigenvalue weighted by Gasteiger charge is -2.23. The molecule has 1 amide bonds. The molecule has 0 aliphatic carbocycles. The second kappa shape index (κ2) is 11.2. The third-order valence-electron chi connectivity index (χ3n) is 5.75. The third kappa shape index (κ3) is 6.62. The monoisotopic (exact) mass is 463 g/mol. The third-order valence-corrected chi connectivity index (χ3v) is 8.64. The zero-order chi connectivity index (χ0) is 22.3. The summed E-state index contributed by atoms with van der Waals surface area (Å²) >= 11 is 1.69. The first-order chi connectivity index (χ1) is 14.9. The standard InChI is InChI=1S/C23H33N3O3S2/c1-25(2)21(22-8-7-17-30-22)18-24-23(27)14-11-19-9-12-20(13-10-19)31(28,29)26-15-5-3-4-6-16-26/h7-10,12-13,17,21H,3-6,11,14-16,18H2,1-2H3,(H,24,27). The van der Waals surface area contributed by atoms with Crippen LogP contribution < -0.4 is 5.32 Å². The Hall–Kier alpha value is -1.74. The zero-order valence-electron chi connectivity index (χ0n) is 18.4. The van der Waals surface area contributed by atoms with Crippen LogP contribution >= 0.6 is 11.3 Å². The van der Waals surface area contributed by atoms with Crippen LogP contribution in [0, 0.1) is 0 Å². The van der Waals surface area contributed by atoms with Gasteiger partial charge >= 0.3 is 0 Å². The van der Waals surface area contributed by atoms with E-state index in [1.807, 2.05) is 37.7 Å². The highest BCUT2D eigenvalue weighted by Crippen LogP contribution is 2.23. The van der Waals surface area contributed by atoms with Gasteiger partial charge in [0.05, 0.1) is 10.9 Å². The van der Waals surface area contributed by atoms with Crippen LogP contribution in [0.4, 0.5) is 0 Å². The van der Waals surface area contributed by atoms with Crippen LogP contribution in [-0.4, -0.2) is 57.3 Å². The number of carbonyl (C=O) groups is 1. The van der Waals surface area contributed by atoms with Crippen molar-refractivity contribution < 1.29 is 13.2 Å². The van der Waals surface area contributed by atoms with Crippen LogP contribution in [0.2, 0.25) is 0 Å². The Kier molecular flexibility index (Phi) is 8.66. The first-order valence-corrected chi connectivity index (χ1v) is 13.3. The van der Waals surface area contributed by atoms with Crippen molar-refractivity contribution in [3.05, 3.63) is 52.2 Å². The van der Waals surface area contributed by atoms with Gasteiger partial charge in [0.2, 0.25) is 15.9 Å². The van der Waals surface area contributed by atoms with E-state index in [0.29, 0.717) is 37.4 Å². The maximum absolute atomic E-state index is 12.9. The summed E-state index contributed by atoms with van der Waals surface area (Å²) in [6, 6.07) is 11.3. The highest BCUT2D eigenvalue weighted by atomic mass is 32.2. The summed E-state index contributed by atoms with van der Waals surface area (Å²) in [5.41, 5.74) is 0.965. The van der Waals surface area contributed by atoms with E-state index in [1.54, 1.807) is 27.8 Å². The predicted octanol–water partition coefficient (Wildman–Crippen LogP) is 3.66. The minimum absolute atomic E-state index is 0.00432. The topological polar surface area (TPSA) is 69.7 Å². The number of nitrogens with zero attached hydrogens (tertiary/aromatic N) is 2. The van der Waals surface area contributed by atoms with Crippen molar-refractivity contribution in [3.63, 3.8) is 0 Å². The van der Waals surface area contributed by atoms with Gasteiger partial charge in [-0.1, -0.05) is 31.0 Å². The summed E-state index contributed by atoms with van der Waals surface area (Å²) in [6.45, 7) is 1.77. The number of amides is 1. The normalized spacial score (nSPS) is 16.7. The number of likely N-dealkylation sites (N-methyl/N-ethyl adjacent to an activating group) is 1. The number of hydrogen-bond donors (Lipinski definition) is 1. The van der Waals surface area contributed by atoms with E-state index in [-0.39, 0.29) is 11.9 Å². The van der Waals surface area contributed by atoms with Crippen molar-refractivity contribution in [2.24, 2.45) is 0 Å². The molecule has 1 fully saturated rings. The van der Waals surface area contributed by atoms with Gasteiger partial charge in [-0.05, 0) is 62.5 Å². The molecule has 0 bridgehead atoms. The van der Waals surface area contributed by atoms with Crippen LogP contribution in [0.5, 0.6) is 0 Å². The Morgan fingerprint density at radius 2 is 1.77 bits per heavy atom. The molecule has 8 heteroatoms. The van der Waals surface area contributed by atoms with E-state index in [1.165, 1.54) is 4.88 Å². The summed E-state index contributed by atoms with van der Waals surface area (Å²) < 4.78 is 27.4. The fourth-order valence-electron chi connectivity index (χ4n) is 3.83. The van der Waals surface area contributed by atoms with Crippen LogP contribution in [0.15, 0.2) is 46.7 Å². The van der Waals surface area contributed by atoms with Gasteiger partial charge in [-0.2, -0.15) is 4.31 Å². The molecular formula is C23H33N3O3S2. The van der Waals surface area contributed by atoms with Gasteiger partial charge < -0.3 is 10.2 Å². The molecule has 0 radical (unpaired) electrons. The minimum Gasteiger partial charge on any atom is -0.354 e. The molecule has 1 aromatic carbocycles. The van der Waals surface area contributed by atoms with Crippen molar-refractivity contribution in [1.82, 2.24) is 14.5 Å². The molecule has 1 aliphatic rings. The van der Waals surface area contributed by atoms with Crippen molar-refractivity contribution in [2.75, 3.05) is 33.7 Å². The molecule has 0 spiro atoms. The summed E-state index contributed by atoms with van der Waals surface area (Å²) in [4.78, 5) is 16.0. The number of rotatable bonds is 9. The second-order valence-corrected chi connectivity index (χ2v) is 11.2. The van der Waals surface area contributed by atoms with Crippen LogP contribution in [0.25, 0.3) is 0 Å². The lowest BCUT2D eigenvalue weighted by atomic mass is 10.1. The molecule has 2 aromatic rings. The smallest absolute Gasteiger partial charge is 0.243 e. The van der Waals surface area contributed by atoms with Gasteiger partial charge in [-0.3, -0.25) is 4.79 Å². The molecule has 0 saturated carbocycles. The van der Waals surface area contributed by atoms with Gasteiger partial charge in [-0.15, -0.1) is 11.3 Å². The Morgan fingerprint density at radius 1 is 1.10 bits per heavy atom. The molecule has 1 aliphatic heterocycles. The summed E-state index contributed by atoms with van der Waals surface area (Å²) in [7, 11) is 0.592. The molecule has 170 valence electrons. The fourth-order valence-corrected chi connectivity index (χ4v) is 6.27. The Morgan fingerprint density at radius 3 is 2.35 bits per heavy atom. The van der Waals surface area contributed by atoms with Crippen molar-refractivity contribution in [3.8, 4) is 0 Å². The largest absolute Gasteiger partial charge is 0.354 e. The highest BCUT2D eigenvalue weighted by Gasteiger charge is 2.25. The Labute approximate surface area is 190 Å². The molecule has 3 rings (SSSR count). The average molecular weight is 464 g/mol. The first kappa shape index (κ1) is 23.9. The van der Waals surface area contributed by atoms with E-state index in [0.717, 1.165) is 31.2 Å².